The van der Waals surface area contributed by atoms with Gasteiger partial charge in [0.05, 0.1) is 0 Å². The van der Waals surface area contributed by atoms with Gasteiger partial charge in [0.25, 0.3) is 0 Å². The Labute approximate surface area is 120 Å². The van der Waals surface area contributed by atoms with Crippen LogP contribution in [0, 0.1) is 6.92 Å². The predicted octanol–water partition coefficient (Wildman–Crippen LogP) is 3.34. The summed E-state index contributed by atoms with van der Waals surface area (Å²) in [5, 5.41) is 0. The molecule has 0 saturated carbocycles. The Balaban J connectivity index is 1.72. The average molecular weight is 267 g/mol. The van der Waals surface area contributed by atoms with Crippen molar-refractivity contribution in [2.45, 2.75) is 32.1 Å². The molecule has 0 unspecified atom stereocenters. The van der Waals surface area contributed by atoms with Crippen molar-refractivity contribution >= 4 is 5.95 Å². The quantitative estimate of drug-likeness (QED) is 0.835. The lowest BCUT2D eigenvalue weighted by atomic mass is 9.74. The average Bonchev–Trinajstić information content (AvgIpc) is 2.50. The molecule has 3 heteroatoms. The van der Waals surface area contributed by atoms with Gasteiger partial charge >= 0.3 is 0 Å². The van der Waals surface area contributed by atoms with Crippen LogP contribution in [0.25, 0.3) is 0 Å². The monoisotopic (exact) mass is 267 g/mol. The van der Waals surface area contributed by atoms with E-state index in [4.69, 9.17) is 0 Å². The third kappa shape index (κ3) is 2.53. The van der Waals surface area contributed by atoms with Gasteiger partial charge in [0, 0.05) is 25.5 Å². The van der Waals surface area contributed by atoms with E-state index in [-0.39, 0.29) is 5.41 Å². The maximum Gasteiger partial charge on any atom is 0.225 e. The first-order chi connectivity index (χ1) is 9.67. The minimum atomic E-state index is 0.280. The number of rotatable bonds is 2. The van der Waals surface area contributed by atoms with Crippen molar-refractivity contribution in [2.75, 3.05) is 18.0 Å². The Morgan fingerprint density at radius 2 is 1.60 bits per heavy atom. The smallest absolute Gasteiger partial charge is 0.225 e. The molecular formula is C17H21N3. The zero-order valence-corrected chi connectivity index (χ0v) is 12.2. The van der Waals surface area contributed by atoms with Crippen molar-refractivity contribution in [1.29, 1.82) is 0 Å². The Morgan fingerprint density at radius 3 is 2.20 bits per heavy atom. The minimum absolute atomic E-state index is 0.280. The second-order valence-corrected chi connectivity index (χ2v) is 5.97. The van der Waals surface area contributed by atoms with Crippen LogP contribution in [0.1, 0.15) is 30.9 Å². The Morgan fingerprint density at radius 1 is 1.00 bits per heavy atom. The van der Waals surface area contributed by atoms with Crippen molar-refractivity contribution in [1.82, 2.24) is 9.97 Å². The van der Waals surface area contributed by atoms with E-state index < -0.39 is 0 Å². The fourth-order valence-corrected chi connectivity index (χ4v) is 2.88. The van der Waals surface area contributed by atoms with Gasteiger partial charge in [0.15, 0.2) is 0 Å². The van der Waals surface area contributed by atoms with Crippen LogP contribution in [0.3, 0.4) is 0 Å². The summed E-state index contributed by atoms with van der Waals surface area (Å²) in [5.74, 6) is 0.866. The van der Waals surface area contributed by atoms with Gasteiger partial charge in [0.2, 0.25) is 5.95 Å². The van der Waals surface area contributed by atoms with Crippen LogP contribution in [-0.2, 0) is 5.41 Å². The highest BCUT2D eigenvalue weighted by atomic mass is 15.2. The molecule has 3 rings (SSSR count). The predicted molar refractivity (Wildman–Crippen MR) is 82.0 cm³/mol. The molecule has 0 N–H and O–H groups in total. The van der Waals surface area contributed by atoms with E-state index in [1.54, 1.807) is 0 Å². The van der Waals surface area contributed by atoms with Gasteiger partial charge in [-0.05, 0) is 36.3 Å². The van der Waals surface area contributed by atoms with Crippen LogP contribution in [0.5, 0.6) is 0 Å². The summed E-state index contributed by atoms with van der Waals surface area (Å²) in [7, 11) is 0. The Kier molecular flexibility index (Phi) is 3.43. The molecule has 1 aliphatic rings. The van der Waals surface area contributed by atoms with Crippen molar-refractivity contribution in [3.8, 4) is 0 Å². The van der Waals surface area contributed by atoms with Crippen LogP contribution >= 0.6 is 0 Å². The molecule has 0 bridgehead atoms. The maximum absolute atomic E-state index is 4.44. The summed E-state index contributed by atoms with van der Waals surface area (Å²) < 4.78 is 0. The highest BCUT2D eigenvalue weighted by Gasteiger charge is 2.32. The fraction of sp³-hybridized carbons (Fsp3) is 0.412. The molecule has 1 aliphatic heterocycles. The lowest BCUT2D eigenvalue weighted by Crippen LogP contribution is -2.41. The number of aryl methyl sites for hydroxylation is 1. The van der Waals surface area contributed by atoms with Crippen LogP contribution in [-0.4, -0.2) is 23.1 Å². The van der Waals surface area contributed by atoms with Crippen molar-refractivity contribution in [3.63, 3.8) is 0 Å². The van der Waals surface area contributed by atoms with Crippen molar-refractivity contribution in [3.05, 3.63) is 53.9 Å². The zero-order valence-electron chi connectivity index (χ0n) is 12.2. The molecule has 2 heterocycles. The van der Waals surface area contributed by atoms with Crippen molar-refractivity contribution in [2.24, 2.45) is 0 Å². The topological polar surface area (TPSA) is 29.0 Å². The van der Waals surface area contributed by atoms with Gasteiger partial charge in [0.1, 0.15) is 0 Å². The molecule has 1 aromatic carbocycles. The minimum Gasteiger partial charge on any atom is -0.341 e. The van der Waals surface area contributed by atoms with Gasteiger partial charge in [-0.1, -0.05) is 37.3 Å². The number of piperidine rings is 1. The number of hydrogen-bond acceptors (Lipinski definition) is 3. The van der Waals surface area contributed by atoms with Gasteiger partial charge in [-0.3, -0.25) is 0 Å². The molecule has 2 aromatic rings. The number of benzene rings is 1. The van der Waals surface area contributed by atoms with Crippen LogP contribution < -0.4 is 4.90 Å². The Hall–Kier alpha value is -1.90. The summed E-state index contributed by atoms with van der Waals surface area (Å²) >= 11 is 0. The molecule has 20 heavy (non-hydrogen) atoms. The molecule has 0 radical (unpaired) electrons. The third-order valence-corrected chi connectivity index (χ3v) is 4.39. The number of anilines is 1. The normalized spacial score (nSPS) is 18.0. The van der Waals surface area contributed by atoms with E-state index in [1.807, 2.05) is 19.3 Å². The summed E-state index contributed by atoms with van der Waals surface area (Å²) in [6.07, 6.45) is 6.09. The molecule has 0 aliphatic carbocycles. The standard InChI is InChI=1S/C17H21N3/c1-14-12-18-16(19-13-14)20-10-8-17(2,9-11-20)15-6-4-3-5-7-15/h3-7,12-13H,8-11H2,1-2H3. The lowest BCUT2D eigenvalue weighted by molar-refractivity contribution is 0.360. The van der Waals surface area contributed by atoms with Gasteiger partial charge < -0.3 is 4.90 Å². The summed E-state index contributed by atoms with van der Waals surface area (Å²) in [6.45, 7) is 6.44. The van der Waals surface area contributed by atoms with Crippen LogP contribution in [0.4, 0.5) is 5.95 Å². The van der Waals surface area contributed by atoms with Gasteiger partial charge in [-0.25, -0.2) is 9.97 Å². The van der Waals surface area contributed by atoms with E-state index in [0.29, 0.717) is 0 Å². The van der Waals surface area contributed by atoms with Crippen LogP contribution in [0.15, 0.2) is 42.7 Å². The Bertz CT molecular complexity index is 555. The molecule has 1 fully saturated rings. The summed E-state index contributed by atoms with van der Waals surface area (Å²) in [5.41, 5.74) is 2.84. The summed E-state index contributed by atoms with van der Waals surface area (Å²) in [4.78, 5) is 11.2. The molecule has 0 amide bonds. The third-order valence-electron chi connectivity index (χ3n) is 4.39. The van der Waals surface area contributed by atoms with Gasteiger partial charge in [-0.15, -0.1) is 0 Å². The number of nitrogens with zero attached hydrogens (tertiary/aromatic N) is 3. The first-order valence-electron chi connectivity index (χ1n) is 7.26. The molecule has 1 saturated heterocycles. The summed E-state index contributed by atoms with van der Waals surface area (Å²) in [6, 6.07) is 10.9. The second-order valence-electron chi connectivity index (χ2n) is 5.97. The molecule has 0 spiro atoms. The molecule has 1 aromatic heterocycles. The molecular weight excluding hydrogens is 246 g/mol. The number of aromatic nitrogens is 2. The molecule has 3 nitrogen and oxygen atoms in total. The fourth-order valence-electron chi connectivity index (χ4n) is 2.88. The highest BCUT2D eigenvalue weighted by molar-refractivity contribution is 5.34. The maximum atomic E-state index is 4.44. The van der Waals surface area contributed by atoms with E-state index in [2.05, 4.69) is 52.1 Å². The SMILES string of the molecule is Cc1cnc(N2CCC(C)(c3ccccc3)CC2)nc1. The zero-order chi connectivity index (χ0) is 14.0. The van der Waals surface area contributed by atoms with Crippen molar-refractivity contribution < 1.29 is 0 Å². The number of hydrogen-bond donors (Lipinski definition) is 0. The van der Waals surface area contributed by atoms with E-state index in [9.17, 15) is 0 Å². The van der Waals surface area contributed by atoms with E-state index in [1.165, 1.54) is 5.56 Å². The lowest BCUT2D eigenvalue weighted by Gasteiger charge is -2.39. The van der Waals surface area contributed by atoms with Crippen LogP contribution in [0.2, 0.25) is 0 Å². The first kappa shape index (κ1) is 13.1. The highest BCUT2D eigenvalue weighted by Crippen LogP contribution is 2.35. The largest absolute Gasteiger partial charge is 0.341 e. The molecule has 0 atom stereocenters. The van der Waals surface area contributed by atoms with Gasteiger partial charge in [-0.2, -0.15) is 0 Å². The van der Waals surface area contributed by atoms with E-state index in [0.717, 1.165) is 37.4 Å². The second kappa shape index (κ2) is 5.23. The first-order valence-corrected chi connectivity index (χ1v) is 7.26. The molecule has 104 valence electrons. The van der Waals surface area contributed by atoms with E-state index >= 15 is 0 Å².